The molecule has 0 aliphatic carbocycles. The second-order valence-corrected chi connectivity index (χ2v) is 8.63. The molecule has 0 aromatic rings. The van der Waals surface area contributed by atoms with Gasteiger partial charge in [-0.3, -0.25) is 24.0 Å². The second-order valence-electron chi connectivity index (χ2n) is 7.64. The Hall–Kier alpha value is -2.87. The van der Waals surface area contributed by atoms with Gasteiger partial charge in [0.2, 0.25) is 23.6 Å². The van der Waals surface area contributed by atoms with Crippen LogP contribution < -0.4 is 22.1 Å². The van der Waals surface area contributed by atoms with Crippen LogP contribution in [0, 0.1) is 0 Å². The average Bonchev–Trinajstić information content (AvgIpc) is 3.22. The second kappa shape index (κ2) is 13.6. The summed E-state index contributed by atoms with van der Waals surface area (Å²) >= 11 is 1.42. The van der Waals surface area contributed by atoms with Gasteiger partial charge in [0.25, 0.3) is 0 Å². The maximum atomic E-state index is 12.9. The molecule has 1 saturated heterocycles. The van der Waals surface area contributed by atoms with Crippen molar-refractivity contribution in [2.24, 2.45) is 11.5 Å². The van der Waals surface area contributed by atoms with Gasteiger partial charge in [-0.2, -0.15) is 11.8 Å². The first-order chi connectivity index (χ1) is 15.5. The van der Waals surface area contributed by atoms with E-state index in [2.05, 4.69) is 10.6 Å². The first kappa shape index (κ1) is 28.2. The van der Waals surface area contributed by atoms with Crippen molar-refractivity contribution in [2.45, 2.75) is 62.7 Å². The highest BCUT2D eigenvalue weighted by Crippen LogP contribution is 2.19. The van der Waals surface area contributed by atoms with Crippen LogP contribution in [0.15, 0.2) is 0 Å². The van der Waals surface area contributed by atoms with Crippen LogP contribution in [-0.4, -0.2) is 93.4 Å². The molecule has 13 nitrogen and oxygen atoms in total. The molecule has 0 bridgehead atoms. The molecular weight excluding hydrogens is 458 g/mol. The molecule has 0 saturated carbocycles. The zero-order valence-electron chi connectivity index (χ0n) is 18.3. The SMILES string of the molecule is CSCCC(NC(=O)C1CCCN1C(=O)C(N)CC(=O)O)C(=O)NC(CCC(N)=O)C(=O)O. The number of nitrogens with zero attached hydrogens (tertiary/aromatic N) is 1. The van der Waals surface area contributed by atoms with Crippen molar-refractivity contribution in [3.8, 4) is 0 Å². The Morgan fingerprint density at radius 3 is 2.30 bits per heavy atom. The fourth-order valence-electron chi connectivity index (χ4n) is 3.38. The van der Waals surface area contributed by atoms with Gasteiger partial charge in [-0.1, -0.05) is 0 Å². The summed E-state index contributed by atoms with van der Waals surface area (Å²) in [7, 11) is 0. The Labute approximate surface area is 195 Å². The number of likely N-dealkylation sites (tertiary alicyclic amines) is 1. The van der Waals surface area contributed by atoms with Crippen LogP contribution in [0.3, 0.4) is 0 Å². The summed E-state index contributed by atoms with van der Waals surface area (Å²) in [4.78, 5) is 72.5. The highest BCUT2D eigenvalue weighted by molar-refractivity contribution is 7.98. The molecule has 8 N–H and O–H groups in total. The summed E-state index contributed by atoms with van der Waals surface area (Å²) < 4.78 is 0. The van der Waals surface area contributed by atoms with Crippen LogP contribution in [0.5, 0.6) is 0 Å². The zero-order chi connectivity index (χ0) is 25.1. The topological polar surface area (TPSA) is 222 Å². The fraction of sp³-hybridized carbons (Fsp3) is 0.684. The summed E-state index contributed by atoms with van der Waals surface area (Å²) in [5, 5.41) is 23.0. The lowest BCUT2D eigenvalue weighted by Gasteiger charge is -2.28. The molecule has 33 heavy (non-hydrogen) atoms. The molecule has 1 aliphatic heterocycles. The third kappa shape index (κ3) is 9.26. The Morgan fingerprint density at radius 1 is 1.09 bits per heavy atom. The van der Waals surface area contributed by atoms with Crippen molar-refractivity contribution in [3.05, 3.63) is 0 Å². The summed E-state index contributed by atoms with van der Waals surface area (Å²) in [6.07, 6.45) is 1.78. The molecule has 1 rings (SSSR count). The molecule has 0 radical (unpaired) electrons. The molecular formula is C19H31N5O8S. The van der Waals surface area contributed by atoms with Gasteiger partial charge >= 0.3 is 11.9 Å². The molecule has 1 aliphatic rings. The molecule has 4 unspecified atom stereocenters. The number of thioether (sulfide) groups is 1. The number of carbonyl (C=O) groups excluding carboxylic acids is 4. The molecule has 14 heteroatoms. The Morgan fingerprint density at radius 2 is 1.76 bits per heavy atom. The molecule has 186 valence electrons. The number of carboxylic acids is 2. The minimum atomic E-state index is -1.36. The van der Waals surface area contributed by atoms with Crippen molar-refractivity contribution >= 4 is 47.3 Å². The van der Waals surface area contributed by atoms with E-state index in [9.17, 15) is 33.9 Å². The average molecular weight is 490 g/mol. The number of hydrogen-bond donors (Lipinski definition) is 6. The van der Waals surface area contributed by atoms with E-state index < -0.39 is 66.2 Å². The quantitative estimate of drug-likeness (QED) is 0.155. The summed E-state index contributed by atoms with van der Waals surface area (Å²) in [5.41, 5.74) is 10.7. The third-order valence-electron chi connectivity index (χ3n) is 5.09. The molecule has 4 amide bonds. The number of nitrogens with two attached hydrogens (primary N) is 2. The van der Waals surface area contributed by atoms with Crippen molar-refractivity contribution < 1.29 is 39.0 Å². The lowest BCUT2D eigenvalue weighted by Crippen LogP contribution is -2.56. The van der Waals surface area contributed by atoms with Crippen molar-refractivity contribution in [1.29, 1.82) is 0 Å². The molecule has 0 spiro atoms. The Kier molecular flexibility index (Phi) is 11.6. The fourth-order valence-corrected chi connectivity index (χ4v) is 3.85. The van der Waals surface area contributed by atoms with Crippen molar-refractivity contribution in [2.75, 3.05) is 18.6 Å². The van der Waals surface area contributed by atoms with E-state index in [-0.39, 0.29) is 25.8 Å². The third-order valence-corrected chi connectivity index (χ3v) is 5.73. The van der Waals surface area contributed by atoms with Crippen LogP contribution in [0.1, 0.15) is 38.5 Å². The predicted octanol–water partition coefficient (Wildman–Crippen LogP) is -2.15. The Balaban J connectivity index is 2.89. The maximum absolute atomic E-state index is 12.9. The van der Waals surface area contributed by atoms with Gasteiger partial charge < -0.3 is 37.2 Å². The maximum Gasteiger partial charge on any atom is 0.326 e. The van der Waals surface area contributed by atoms with Gasteiger partial charge in [0.1, 0.15) is 18.1 Å². The predicted molar refractivity (Wildman–Crippen MR) is 118 cm³/mol. The highest BCUT2D eigenvalue weighted by atomic mass is 32.2. The first-order valence-corrected chi connectivity index (χ1v) is 11.8. The van der Waals surface area contributed by atoms with E-state index in [1.54, 1.807) is 6.26 Å². The minimum Gasteiger partial charge on any atom is -0.481 e. The van der Waals surface area contributed by atoms with Crippen molar-refractivity contribution in [1.82, 2.24) is 15.5 Å². The molecule has 1 fully saturated rings. The van der Waals surface area contributed by atoms with Crippen LogP contribution in [0.4, 0.5) is 0 Å². The standard InChI is InChI=1S/C19H31N5O8S/c1-33-8-6-11(16(28)23-12(19(31)32)4-5-14(21)25)22-17(29)13-3-2-7-24(13)18(30)10(20)9-15(26)27/h10-13H,2-9,20H2,1H3,(H2,21,25)(H,22,29)(H,23,28)(H,26,27)(H,31,32). The largest absolute Gasteiger partial charge is 0.481 e. The van der Waals surface area contributed by atoms with E-state index in [1.165, 1.54) is 16.7 Å². The first-order valence-electron chi connectivity index (χ1n) is 10.4. The van der Waals surface area contributed by atoms with E-state index in [1.807, 2.05) is 0 Å². The summed E-state index contributed by atoms with van der Waals surface area (Å²) in [6, 6.07) is -4.66. The lowest BCUT2D eigenvalue weighted by molar-refractivity contribution is -0.144. The minimum absolute atomic E-state index is 0.195. The van der Waals surface area contributed by atoms with Gasteiger partial charge in [0.15, 0.2) is 0 Å². The number of amides is 4. The number of carbonyl (C=O) groups is 6. The van der Waals surface area contributed by atoms with Gasteiger partial charge in [0, 0.05) is 13.0 Å². The van der Waals surface area contributed by atoms with Crippen molar-refractivity contribution in [3.63, 3.8) is 0 Å². The number of primary amides is 1. The van der Waals surface area contributed by atoms with E-state index in [0.29, 0.717) is 18.6 Å². The Bertz CT molecular complexity index is 764. The summed E-state index contributed by atoms with van der Waals surface area (Å²) in [6.45, 7) is 0.222. The summed E-state index contributed by atoms with van der Waals surface area (Å²) in [5.74, 6) is -4.85. The van der Waals surface area contributed by atoms with Gasteiger partial charge in [-0.15, -0.1) is 0 Å². The number of aliphatic carboxylic acids is 2. The number of carboxylic acid groups (broad SMARTS) is 2. The molecule has 0 aromatic heterocycles. The van der Waals surface area contributed by atoms with Crippen LogP contribution in [0.25, 0.3) is 0 Å². The molecule has 4 atom stereocenters. The molecule has 0 aromatic carbocycles. The smallest absolute Gasteiger partial charge is 0.326 e. The lowest BCUT2D eigenvalue weighted by atomic mass is 10.1. The number of hydrogen-bond acceptors (Lipinski definition) is 8. The van der Waals surface area contributed by atoms with Crippen LogP contribution in [-0.2, 0) is 28.8 Å². The normalized spacial score (nSPS) is 18.1. The number of rotatable bonds is 14. The number of nitrogens with one attached hydrogen (secondary N) is 2. The van der Waals surface area contributed by atoms with E-state index in [0.717, 1.165) is 0 Å². The van der Waals surface area contributed by atoms with Crippen LogP contribution >= 0.6 is 11.8 Å². The van der Waals surface area contributed by atoms with Gasteiger partial charge in [-0.25, -0.2) is 4.79 Å². The highest BCUT2D eigenvalue weighted by Gasteiger charge is 2.38. The van der Waals surface area contributed by atoms with Crippen LogP contribution in [0.2, 0.25) is 0 Å². The van der Waals surface area contributed by atoms with Gasteiger partial charge in [-0.05, 0) is 37.7 Å². The molecule has 1 heterocycles. The zero-order valence-corrected chi connectivity index (χ0v) is 19.1. The van der Waals surface area contributed by atoms with E-state index >= 15 is 0 Å². The van der Waals surface area contributed by atoms with Gasteiger partial charge in [0.05, 0.1) is 12.5 Å². The van der Waals surface area contributed by atoms with E-state index in [4.69, 9.17) is 16.6 Å². The monoisotopic (exact) mass is 489 g/mol.